The van der Waals surface area contributed by atoms with Crippen molar-refractivity contribution in [2.45, 2.75) is 38.6 Å². The maximum Gasteiger partial charge on any atom is 0.245 e. The highest BCUT2D eigenvalue weighted by molar-refractivity contribution is 5.87. The molecule has 1 aliphatic heterocycles. The van der Waals surface area contributed by atoms with E-state index in [1.54, 1.807) is 18.1 Å². The van der Waals surface area contributed by atoms with E-state index in [-0.39, 0.29) is 24.8 Å². The zero-order chi connectivity index (χ0) is 18.7. The summed E-state index contributed by atoms with van der Waals surface area (Å²) in [4.78, 5) is 31.9. The van der Waals surface area contributed by atoms with Gasteiger partial charge in [0.25, 0.3) is 0 Å². The lowest BCUT2D eigenvalue weighted by Gasteiger charge is -2.27. The molecule has 1 aromatic heterocycles. The number of β-amino-alcohol motifs (C(OH)–C–C–N with tert-alkyl or cyclic N) is 1. The van der Waals surface area contributed by atoms with Crippen LogP contribution in [0.15, 0.2) is 42.7 Å². The molecular formula is C19H24N4O3. The topological polar surface area (TPSA) is 78.7 Å². The number of hydrogen-bond donors (Lipinski definition) is 1. The number of likely N-dealkylation sites (tertiary alicyclic amines) is 1. The molecule has 1 aliphatic rings. The zero-order valence-electron chi connectivity index (χ0n) is 15.1. The van der Waals surface area contributed by atoms with Gasteiger partial charge in [-0.1, -0.05) is 30.3 Å². The Morgan fingerprint density at radius 1 is 1.31 bits per heavy atom. The average Bonchev–Trinajstić information content (AvgIpc) is 3.22. The number of benzene rings is 1. The summed E-state index contributed by atoms with van der Waals surface area (Å²) >= 11 is 0. The summed E-state index contributed by atoms with van der Waals surface area (Å²) in [7, 11) is 1.70. The predicted molar refractivity (Wildman–Crippen MR) is 96.0 cm³/mol. The molecule has 26 heavy (non-hydrogen) atoms. The third-order valence-electron chi connectivity index (χ3n) is 4.72. The molecule has 7 nitrogen and oxygen atoms in total. The van der Waals surface area contributed by atoms with Gasteiger partial charge in [-0.2, -0.15) is 0 Å². The first-order valence-electron chi connectivity index (χ1n) is 8.70. The quantitative estimate of drug-likeness (QED) is 0.862. The zero-order valence-corrected chi connectivity index (χ0v) is 15.1. The van der Waals surface area contributed by atoms with Crippen LogP contribution in [-0.4, -0.2) is 62.0 Å². The largest absolute Gasteiger partial charge is 0.391 e. The summed E-state index contributed by atoms with van der Waals surface area (Å²) in [5, 5.41) is 9.83. The van der Waals surface area contributed by atoms with E-state index in [4.69, 9.17) is 0 Å². The van der Waals surface area contributed by atoms with Crippen molar-refractivity contribution in [2.24, 2.45) is 0 Å². The van der Waals surface area contributed by atoms with Crippen molar-refractivity contribution in [3.05, 3.63) is 54.1 Å². The van der Waals surface area contributed by atoms with Crippen LogP contribution >= 0.6 is 0 Å². The van der Waals surface area contributed by atoms with Crippen molar-refractivity contribution < 1.29 is 14.7 Å². The standard InChI is InChI=1S/C19H24N4O3/c1-14(24)23-12-16(25)10-17(23)19(26)21(2)13-18-20-8-9-22(18)11-15-6-4-3-5-7-15/h3-9,16-17,25H,10-13H2,1-2H3/t16-,17-/m1/s1. The van der Waals surface area contributed by atoms with Crippen molar-refractivity contribution in [1.29, 1.82) is 0 Å². The molecule has 0 unspecified atom stereocenters. The molecule has 1 saturated heterocycles. The summed E-state index contributed by atoms with van der Waals surface area (Å²) in [6.45, 7) is 2.66. The van der Waals surface area contributed by atoms with E-state index >= 15 is 0 Å². The Labute approximate surface area is 152 Å². The lowest BCUT2D eigenvalue weighted by molar-refractivity contribution is -0.142. The van der Waals surface area contributed by atoms with E-state index in [0.29, 0.717) is 13.1 Å². The molecule has 0 bridgehead atoms. The first-order valence-corrected chi connectivity index (χ1v) is 8.70. The van der Waals surface area contributed by atoms with Crippen LogP contribution < -0.4 is 0 Å². The molecule has 2 aromatic rings. The van der Waals surface area contributed by atoms with Crippen molar-refractivity contribution in [3.63, 3.8) is 0 Å². The summed E-state index contributed by atoms with van der Waals surface area (Å²) in [6.07, 6.45) is 3.24. The monoisotopic (exact) mass is 356 g/mol. The van der Waals surface area contributed by atoms with E-state index < -0.39 is 12.1 Å². The number of aliphatic hydroxyl groups is 1. The SMILES string of the molecule is CC(=O)N1C[C@H](O)C[C@@H]1C(=O)N(C)Cc1nccn1Cc1ccccc1. The second-order valence-electron chi connectivity index (χ2n) is 6.73. The number of carbonyl (C=O) groups excluding carboxylic acids is 2. The van der Waals surface area contributed by atoms with Gasteiger partial charge in [0.2, 0.25) is 11.8 Å². The van der Waals surface area contributed by atoms with Crippen molar-refractivity contribution in [1.82, 2.24) is 19.4 Å². The highest BCUT2D eigenvalue weighted by atomic mass is 16.3. The lowest BCUT2D eigenvalue weighted by Crippen LogP contribution is -2.45. The molecule has 0 saturated carbocycles. The normalized spacial score (nSPS) is 19.6. The van der Waals surface area contributed by atoms with Crippen molar-refractivity contribution in [2.75, 3.05) is 13.6 Å². The Morgan fingerprint density at radius 2 is 2.04 bits per heavy atom. The first kappa shape index (κ1) is 18.1. The number of carbonyl (C=O) groups is 2. The molecule has 1 N–H and O–H groups in total. The Kier molecular flexibility index (Phi) is 5.37. The van der Waals surface area contributed by atoms with Crippen LogP contribution in [0, 0.1) is 0 Å². The van der Waals surface area contributed by atoms with Gasteiger partial charge in [0.05, 0.1) is 12.6 Å². The summed E-state index contributed by atoms with van der Waals surface area (Å²) in [5.41, 5.74) is 1.15. The number of rotatable bonds is 5. The number of imidazole rings is 1. The van der Waals surface area contributed by atoms with Crippen LogP contribution in [-0.2, 0) is 22.7 Å². The molecule has 2 amide bonds. The van der Waals surface area contributed by atoms with Crippen LogP contribution in [0.2, 0.25) is 0 Å². The maximum absolute atomic E-state index is 12.8. The van der Waals surface area contributed by atoms with Gasteiger partial charge >= 0.3 is 0 Å². The van der Waals surface area contributed by atoms with Gasteiger partial charge in [-0.15, -0.1) is 0 Å². The molecule has 0 radical (unpaired) electrons. The van der Waals surface area contributed by atoms with Crippen LogP contribution in [0.4, 0.5) is 0 Å². The van der Waals surface area contributed by atoms with E-state index in [1.807, 2.05) is 41.1 Å². The van der Waals surface area contributed by atoms with Gasteiger partial charge in [0.1, 0.15) is 11.9 Å². The van der Waals surface area contributed by atoms with Crippen LogP contribution in [0.5, 0.6) is 0 Å². The number of aromatic nitrogens is 2. The Hall–Kier alpha value is -2.67. The summed E-state index contributed by atoms with van der Waals surface area (Å²) in [5.74, 6) is 0.405. The highest BCUT2D eigenvalue weighted by Crippen LogP contribution is 2.20. The minimum absolute atomic E-state index is 0.175. The smallest absolute Gasteiger partial charge is 0.245 e. The molecule has 1 fully saturated rings. The van der Waals surface area contributed by atoms with Gasteiger partial charge in [-0.05, 0) is 5.56 Å². The van der Waals surface area contributed by atoms with E-state index in [2.05, 4.69) is 4.98 Å². The van der Waals surface area contributed by atoms with Crippen LogP contribution in [0.25, 0.3) is 0 Å². The highest BCUT2D eigenvalue weighted by Gasteiger charge is 2.38. The third-order valence-corrected chi connectivity index (χ3v) is 4.72. The fourth-order valence-corrected chi connectivity index (χ4v) is 3.36. The van der Waals surface area contributed by atoms with E-state index in [0.717, 1.165) is 11.4 Å². The Morgan fingerprint density at radius 3 is 2.73 bits per heavy atom. The molecule has 2 heterocycles. The fraction of sp³-hybridized carbons (Fsp3) is 0.421. The number of amides is 2. The van der Waals surface area contributed by atoms with Gasteiger partial charge in [-0.25, -0.2) is 4.98 Å². The number of likely N-dealkylation sites (N-methyl/N-ethyl adjacent to an activating group) is 1. The lowest BCUT2D eigenvalue weighted by atomic mass is 10.1. The van der Waals surface area contributed by atoms with Gasteiger partial charge in [0.15, 0.2) is 0 Å². The van der Waals surface area contributed by atoms with Crippen molar-refractivity contribution in [3.8, 4) is 0 Å². The molecule has 138 valence electrons. The Bertz CT molecular complexity index is 774. The molecule has 2 atom stereocenters. The number of aliphatic hydroxyl groups excluding tert-OH is 1. The van der Waals surface area contributed by atoms with Crippen LogP contribution in [0.1, 0.15) is 24.7 Å². The minimum Gasteiger partial charge on any atom is -0.391 e. The fourth-order valence-electron chi connectivity index (χ4n) is 3.36. The summed E-state index contributed by atoms with van der Waals surface area (Å²) < 4.78 is 2.01. The third kappa shape index (κ3) is 3.94. The van der Waals surface area contributed by atoms with E-state index in [9.17, 15) is 14.7 Å². The average molecular weight is 356 g/mol. The first-order chi connectivity index (χ1) is 12.5. The molecule has 0 aliphatic carbocycles. The predicted octanol–water partition coefficient (Wildman–Crippen LogP) is 0.872. The second kappa shape index (κ2) is 7.70. The van der Waals surface area contributed by atoms with Gasteiger partial charge < -0.3 is 19.5 Å². The second-order valence-corrected chi connectivity index (χ2v) is 6.73. The molecule has 1 aromatic carbocycles. The summed E-state index contributed by atoms with van der Waals surface area (Å²) in [6, 6.07) is 9.44. The molecule has 3 rings (SSSR count). The number of nitrogens with zero attached hydrogens (tertiary/aromatic N) is 4. The minimum atomic E-state index is -0.652. The molecular weight excluding hydrogens is 332 g/mol. The van der Waals surface area contributed by atoms with Crippen molar-refractivity contribution >= 4 is 11.8 Å². The van der Waals surface area contributed by atoms with Crippen LogP contribution in [0.3, 0.4) is 0 Å². The number of hydrogen-bond acceptors (Lipinski definition) is 4. The van der Waals surface area contributed by atoms with E-state index in [1.165, 1.54) is 11.8 Å². The maximum atomic E-state index is 12.8. The molecule has 7 heteroatoms. The Balaban J connectivity index is 1.68. The van der Waals surface area contributed by atoms with Gasteiger partial charge in [-0.3, -0.25) is 9.59 Å². The molecule has 0 spiro atoms. The van der Waals surface area contributed by atoms with Gasteiger partial charge in [0, 0.05) is 45.9 Å².